The Hall–Kier alpha value is -2.28. The van der Waals surface area contributed by atoms with E-state index >= 15 is 0 Å². The van der Waals surface area contributed by atoms with Crippen molar-refractivity contribution in [2.75, 3.05) is 17.6 Å². The van der Waals surface area contributed by atoms with Crippen LogP contribution in [0.25, 0.3) is 20.8 Å². The first-order valence-corrected chi connectivity index (χ1v) is 9.64. The van der Waals surface area contributed by atoms with Crippen molar-refractivity contribution in [3.05, 3.63) is 23.7 Å². The van der Waals surface area contributed by atoms with Gasteiger partial charge in [0.1, 0.15) is 16.3 Å². The fourth-order valence-electron chi connectivity index (χ4n) is 3.13. The fourth-order valence-corrected chi connectivity index (χ4v) is 4.21. The number of nitrogens with two attached hydrogens (primary N) is 1. The molecule has 0 amide bonds. The topological polar surface area (TPSA) is 89.6 Å². The standard InChI is InChI=1S/C18H20N6S/c1-9-13(16(19)24-18(22-9)21-8-10-2-3-10)17-23-15-12(25-17)6-7-20-14(15)11-4-5-11/h6-7,10-11H,2-5,8H2,1H3,(H3,19,21,22,24). The molecule has 0 radical (unpaired) electrons. The van der Waals surface area contributed by atoms with E-state index in [0.717, 1.165) is 44.6 Å². The number of fused-ring (bicyclic) bond motifs is 1. The van der Waals surface area contributed by atoms with Crippen LogP contribution in [0.5, 0.6) is 0 Å². The highest BCUT2D eigenvalue weighted by Gasteiger charge is 2.28. The van der Waals surface area contributed by atoms with Crippen LogP contribution < -0.4 is 11.1 Å². The monoisotopic (exact) mass is 352 g/mol. The van der Waals surface area contributed by atoms with Crippen molar-refractivity contribution in [2.24, 2.45) is 5.92 Å². The van der Waals surface area contributed by atoms with E-state index < -0.39 is 0 Å². The summed E-state index contributed by atoms with van der Waals surface area (Å²) in [6.45, 7) is 2.90. The Kier molecular flexibility index (Phi) is 3.38. The molecule has 0 unspecified atom stereocenters. The second-order valence-corrected chi connectivity index (χ2v) is 8.08. The van der Waals surface area contributed by atoms with E-state index in [-0.39, 0.29) is 0 Å². The lowest BCUT2D eigenvalue weighted by Crippen LogP contribution is -2.10. The van der Waals surface area contributed by atoms with E-state index in [1.54, 1.807) is 11.3 Å². The molecular formula is C18H20N6S. The van der Waals surface area contributed by atoms with Crippen molar-refractivity contribution < 1.29 is 0 Å². The van der Waals surface area contributed by atoms with E-state index in [1.807, 2.05) is 19.2 Å². The predicted octanol–water partition coefficient (Wildman–Crippen LogP) is 3.74. The molecule has 2 aliphatic carbocycles. The maximum absolute atomic E-state index is 6.27. The Morgan fingerprint density at radius 3 is 2.76 bits per heavy atom. The van der Waals surface area contributed by atoms with Gasteiger partial charge in [-0.15, -0.1) is 11.3 Å². The highest BCUT2D eigenvalue weighted by molar-refractivity contribution is 7.21. The molecule has 3 heterocycles. The third-order valence-corrected chi connectivity index (χ3v) is 5.92. The molecule has 25 heavy (non-hydrogen) atoms. The number of hydrogen-bond donors (Lipinski definition) is 2. The summed E-state index contributed by atoms with van der Waals surface area (Å²) in [6, 6.07) is 2.03. The first-order chi connectivity index (χ1) is 12.2. The average Bonchev–Trinajstić information content (AvgIpc) is 3.49. The number of aryl methyl sites for hydroxylation is 1. The Balaban J connectivity index is 1.53. The van der Waals surface area contributed by atoms with Crippen LogP contribution in [0.1, 0.15) is 43.0 Å². The van der Waals surface area contributed by atoms with E-state index in [4.69, 9.17) is 10.7 Å². The molecule has 2 fully saturated rings. The van der Waals surface area contributed by atoms with Crippen LogP contribution >= 0.6 is 11.3 Å². The van der Waals surface area contributed by atoms with Crippen molar-refractivity contribution in [3.8, 4) is 10.6 Å². The molecule has 5 rings (SSSR count). The van der Waals surface area contributed by atoms with Gasteiger partial charge in [-0.25, -0.2) is 9.97 Å². The molecule has 3 N–H and O–H groups in total. The van der Waals surface area contributed by atoms with Crippen molar-refractivity contribution in [2.45, 2.75) is 38.5 Å². The molecule has 2 saturated carbocycles. The van der Waals surface area contributed by atoms with Gasteiger partial charge >= 0.3 is 0 Å². The molecule has 7 heteroatoms. The van der Waals surface area contributed by atoms with Gasteiger partial charge in [0.15, 0.2) is 0 Å². The van der Waals surface area contributed by atoms with Crippen LogP contribution in [-0.2, 0) is 0 Å². The van der Waals surface area contributed by atoms with Crippen molar-refractivity contribution >= 4 is 33.3 Å². The zero-order valence-corrected chi connectivity index (χ0v) is 14.9. The van der Waals surface area contributed by atoms with Crippen LogP contribution in [-0.4, -0.2) is 26.5 Å². The quantitative estimate of drug-likeness (QED) is 0.727. The summed E-state index contributed by atoms with van der Waals surface area (Å²) in [7, 11) is 0. The van der Waals surface area contributed by atoms with Crippen LogP contribution in [0.2, 0.25) is 0 Å². The summed E-state index contributed by atoms with van der Waals surface area (Å²) in [4.78, 5) is 18.5. The number of rotatable bonds is 5. The second-order valence-electron chi connectivity index (χ2n) is 7.05. The summed E-state index contributed by atoms with van der Waals surface area (Å²) in [5.74, 6) is 2.45. The lowest BCUT2D eigenvalue weighted by atomic mass is 10.2. The fraction of sp³-hybridized carbons (Fsp3) is 0.444. The molecule has 2 aliphatic rings. The molecular weight excluding hydrogens is 332 g/mol. The Morgan fingerprint density at radius 2 is 2.04 bits per heavy atom. The molecule has 0 atom stereocenters. The zero-order valence-electron chi connectivity index (χ0n) is 14.1. The van der Waals surface area contributed by atoms with Crippen LogP contribution in [0.4, 0.5) is 11.8 Å². The molecule has 3 aromatic rings. The molecule has 3 aromatic heterocycles. The summed E-state index contributed by atoms with van der Waals surface area (Å²) in [6.07, 6.45) is 6.90. The minimum atomic E-state index is 0.491. The van der Waals surface area contributed by atoms with Gasteiger partial charge in [0.2, 0.25) is 5.95 Å². The molecule has 0 saturated heterocycles. The molecule has 6 nitrogen and oxygen atoms in total. The predicted molar refractivity (Wildman–Crippen MR) is 101 cm³/mol. The number of pyridine rings is 1. The lowest BCUT2D eigenvalue weighted by Gasteiger charge is -2.09. The van der Waals surface area contributed by atoms with E-state index in [2.05, 4.69) is 20.3 Å². The number of hydrogen-bond acceptors (Lipinski definition) is 7. The number of thiazole rings is 1. The van der Waals surface area contributed by atoms with Crippen molar-refractivity contribution in [3.63, 3.8) is 0 Å². The first kappa shape index (κ1) is 15.0. The van der Waals surface area contributed by atoms with Gasteiger partial charge in [0, 0.05) is 18.7 Å². The Labute approximate surface area is 149 Å². The molecule has 0 aliphatic heterocycles. The molecule has 0 bridgehead atoms. The largest absolute Gasteiger partial charge is 0.383 e. The van der Waals surface area contributed by atoms with E-state index in [9.17, 15) is 0 Å². The third-order valence-electron chi connectivity index (χ3n) is 4.88. The molecule has 128 valence electrons. The minimum Gasteiger partial charge on any atom is -0.383 e. The Morgan fingerprint density at radius 1 is 1.20 bits per heavy atom. The normalized spacial score (nSPS) is 17.2. The summed E-state index contributed by atoms with van der Waals surface area (Å²) < 4.78 is 1.15. The van der Waals surface area contributed by atoms with Crippen molar-refractivity contribution in [1.82, 2.24) is 19.9 Å². The van der Waals surface area contributed by atoms with Gasteiger partial charge in [-0.3, -0.25) is 4.98 Å². The van der Waals surface area contributed by atoms with Crippen LogP contribution in [0.15, 0.2) is 12.3 Å². The second kappa shape index (κ2) is 5.62. The lowest BCUT2D eigenvalue weighted by molar-refractivity contribution is 0.872. The van der Waals surface area contributed by atoms with Crippen LogP contribution in [0.3, 0.4) is 0 Å². The van der Waals surface area contributed by atoms with E-state index in [0.29, 0.717) is 17.7 Å². The third kappa shape index (κ3) is 2.82. The summed E-state index contributed by atoms with van der Waals surface area (Å²) in [5.41, 5.74) is 10.1. The number of aromatic nitrogens is 4. The zero-order chi connectivity index (χ0) is 17.0. The maximum atomic E-state index is 6.27. The van der Waals surface area contributed by atoms with E-state index in [1.165, 1.54) is 25.7 Å². The van der Waals surface area contributed by atoms with Crippen LogP contribution in [0, 0.1) is 12.8 Å². The highest BCUT2D eigenvalue weighted by Crippen LogP contribution is 2.44. The highest BCUT2D eigenvalue weighted by atomic mass is 32.1. The minimum absolute atomic E-state index is 0.491. The number of nitrogens with one attached hydrogen (secondary N) is 1. The van der Waals surface area contributed by atoms with Crippen molar-refractivity contribution in [1.29, 1.82) is 0 Å². The number of anilines is 2. The Bertz CT molecular complexity index is 934. The van der Waals surface area contributed by atoms with Gasteiger partial charge in [-0.2, -0.15) is 4.98 Å². The van der Waals surface area contributed by atoms with Gasteiger partial charge in [0.25, 0.3) is 0 Å². The molecule has 0 spiro atoms. The maximum Gasteiger partial charge on any atom is 0.224 e. The van der Waals surface area contributed by atoms with Gasteiger partial charge in [0.05, 0.1) is 21.7 Å². The summed E-state index contributed by atoms with van der Waals surface area (Å²) in [5, 5.41) is 4.18. The van der Waals surface area contributed by atoms with Gasteiger partial charge in [-0.05, 0) is 44.6 Å². The van der Waals surface area contributed by atoms with Gasteiger partial charge < -0.3 is 11.1 Å². The summed E-state index contributed by atoms with van der Waals surface area (Å²) >= 11 is 1.64. The first-order valence-electron chi connectivity index (χ1n) is 8.83. The molecule has 0 aromatic carbocycles. The number of nitrogen functional groups attached to an aromatic ring is 1. The smallest absolute Gasteiger partial charge is 0.224 e. The average molecular weight is 352 g/mol. The number of nitrogens with zero attached hydrogens (tertiary/aromatic N) is 4. The SMILES string of the molecule is Cc1nc(NCC2CC2)nc(N)c1-c1nc2c(C3CC3)nccc2s1. The van der Waals surface area contributed by atoms with Gasteiger partial charge in [-0.1, -0.05) is 0 Å².